The Kier molecular flexibility index (Phi) is 6.26. The third-order valence-electron chi connectivity index (χ3n) is 6.74. The summed E-state index contributed by atoms with van der Waals surface area (Å²) in [5, 5.41) is 4.05. The van der Waals surface area contributed by atoms with Gasteiger partial charge in [-0.15, -0.1) is 5.10 Å². The zero-order valence-corrected chi connectivity index (χ0v) is 20.5. The number of morpholine rings is 1. The maximum atomic E-state index is 12.8. The second-order valence-electron chi connectivity index (χ2n) is 9.56. The molecule has 1 N–H and O–H groups in total. The minimum Gasteiger partial charge on any atom is -0.371 e. The van der Waals surface area contributed by atoms with Gasteiger partial charge in [0, 0.05) is 63.8 Å². The van der Waals surface area contributed by atoms with Gasteiger partial charge in [-0.25, -0.2) is 13.2 Å². The Labute approximate surface area is 200 Å². The second kappa shape index (κ2) is 9.20. The highest BCUT2D eigenvalue weighted by Crippen LogP contribution is 2.32. The highest BCUT2D eigenvalue weighted by atomic mass is 32.2. The van der Waals surface area contributed by atoms with Crippen LogP contribution in [-0.2, 0) is 21.3 Å². The Morgan fingerprint density at radius 2 is 1.82 bits per heavy atom. The largest absolute Gasteiger partial charge is 0.371 e. The molecule has 0 radical (unpaired) electrons. The van der Waals surface area contributed by atoms with Gasteiger partial charge in [-0.1, -0.05) is 12.1 Å². The van der Waals surface area contributed by atoms with Crippen LogP contribution in [-0.4, -0.2) is 91.8 Å². The Hall–Kier alpha value is -2.63. The van der Waals surface area contributed by atoms with Gasteiger partial charge >= 0.3 is 6.03 Å². The van der Waals surface area contributed by atoms with E-state index in [9.17, 15) is 13.2 Å². The molecule has 0 saturated carbocycles. The SMILES string of the molecule is Cc1ccc(CN2CCN(C(=O)n3ccc(NS(C)(=O)=O)n3)CC2)c(N2CC3CCC(C2)O3)c1. The van der Waals surface area contributed by atoms with E-state index < -0.39 is 10.0 Å². The van der Waals surface area contributed by atoms with Crippen LogP contribution in [0.2, 0.25) is 0 Å². The summed E-state index contributed by atoms with van der Waals surface area (Å²) in [4.78, 5) is 19.5. The number of ether oxygens (including phenoxy) is 1. The van der Waals surface area contributed by atoms with Gasteiger partial charge in [-0.3, -0.25) is 9.62 Å². The zero-order chi connectivity index (χ0) is 23.9. The Bertz CT molecular complexity index is 1150. The number of anilines is 2. The lowest BCUT2D eigenvalue weighted by Gasteiger charge is -2.37. The predicted octanol–water partition coefficient (Wildman–Crippen LogP) is 1.72. The molecule has 1 amide bonds. The van der Waals surface area contributed by atoms with E-state index in [-0.39, 0.29) is 11.8 Å². The van der Waals surface area contributed by atoms with Gasteiger partial charge < -0.3 is 14.5 Å². The van der Waals surface area contributed by atoms with Crippen LogP contribution in [0.5, 0.6) is 0 Å². The summed E-state index contributed by atoms with van der Waals surface area (Å²) in [5.74, 6) is 0.137. The number of piperazine rings is 1. The number of aromatic nitrogens is 2. The standard InChI is InChI=1S/C23H32N6O4S/c1-17-3-4-18(21(13-17)28-15-19-5-6-20(16-28)33-19)14-26-9-11-27(12-10-26)23(30)29-8-7-22(24-29)25-34(2,31)32/h3-4,7-8,13,19-20H,5-6,9-12,14-16H2,1-2H3,(H,24,25). The van der Waals surface area contributed by atoms with E-state index in [1.54, 1.807) is 4.90 Å². The number of carbonyl (C=O) groups is 1. The van der Waals surface area contributed by atoms with Crippen molar-refractivity contribution in [3.05, 3.63) is 41.6 Å². The number of amides is 1. The highest BCUT2D eigenvalue weighted by molar-refractivity contribution is 7.92. The molecule has 3 saturated heterocycles. The number of fused-ring (bicyclic) bond motifs is 2. The molecule has 3 aliphatic heterocycles. The van der Waals surface area contributed by atoms with E-state index >= 15 is 0 Å². The van der Waals surface area contributed by atoms with Crippen LogP contribution in [0.3, 0.4) is 0 Å². The molecule has 3 fully saturated rings. The lowest BCUT2D eigenvalue weighted by atomic mass is 10.1. The fourth-order valence-electron chi connectivity index (χ4n) is 5.07. The number of rotatable bonds is 5. The molecule has 11 heteroatoms. The van der Waals surface area contributed by atoms with Gasteiger partial charge in [-0.2, -0.15) is 4.68 Å². The molecule has 5 rings (SSSR count). The quantitative estimate of drug-likeness (QED) is 0.684. The molecule has 0 spiro atoms. The zero-order valence-electron chi connectivity index (χ0n) is 19.7. The normalized spacial score (nSPS) is 23.4. The summed E-state index contributed by atoms with van der Waals surface area (Å²) < 4.78 is 32.3. The maximum Gasteiger partial charge on any atom is 0.344 e. The van der Waals surface area contributed by atoms with Crippen LogP contribution < -0.4 is 9.62 Å². The lowest BCUT2D eigenvalue weighted by Crippen LogP contribution is -2.49. The minimum absolute atomic E-state index is 0.137. The number of hydrogen-bond donors (Lipinski definition) is 1. The van der Waals surface area contributed by atoms with E-state index in [1.807, 2.05) is 0 Å². The van der Waals surface area contributed by atoms with Crippen molar-refractivity contribution in [1.82, 2.24) is 19.6 Å². The van der Waals surface area contributed by atoms with Crippen LogP contribution in [0.15, 0.2) is 30.5 Å². The van der Waals surface area contributed by atoms with Gasteiger partial charge in [0.15, 0.2) is 5.82 Å². The number of hydrogen-bond acceptors (Lipinski definition) is 7. The molecule has 10 nitrogen and oxygen atoms in total. The van der Waals surface area contributed by atoms with Gasteiger partial charge in [0.05, 0.1) is 18.5 Å². The molecule has 0 aliphatic carbocycles. The van der Waals surface area contributed by atoms with Crippen molar-refractivity contribution in [2.75, 3.05) is 55.1 Å². The molecule has 2 atom stereocenters. The van der Waals surface area contributed by atoms with Crippen LogP contribution in [0, 0.1) is 6.92 Å². The Balaban J connectivity index is 1.20. The van der Waals surface area contributed by atoms with Crippen LogP contribution in [0.25, 0.3) is 0 Å². The molecular formula is C23H32N6O4S. The summed E-state index contributed by atoms with van der Waals surface area (Å²) in [7, 11) is -3.44. The van der Waals surface area contributed by atoms with E-state index in [0.29, 0.717) is 25.3 Å². The van der Waals surface area contributed by atoms with Crippen LogP contribution in [0.1, 0.15) is 24.0 Å². The molecule has 1 aromatic heterocycles. The van der Waals surface area contributed by atoms with Crippen LogP contribution in [0.4, 0.5) is 16.3 Å². The highest BCUT2D eigenvalue weighted by Gasteiger charge is 2.34. The van der Waals surface area contributed by atoms with E-state index in [0.717, 1.165) is 51.8 Å². The van der Waals surface area contributed by atoms with Crippen molar-refractivity contribution in [3.8, 4) is 0 Å². The molecule has 184 valence electrons. The molecular weight excluding hydrogens is 456 g/mol. The van der Waals surface area contributed by atoms with Crippen LogP contribution >= 0.6 is 0 Å². The molecule has 3 aliphatic rings. The van der Waals surface area contributed by atoms with Crippen molar-refractivity contribution in [3.63, 3.8) is 0 Å². The van der Waals surface area contributed by atoms with Gasteiger partial charge in [0.1, 0.15) is 0 Å². The number of nitrogens with one attached hydrogen (secondary N) is 1. The van der Waals surface area contributed by atoms with Crippen molar-refractivity contribution >= 4 is 27.6 Å². The van der Waals surface area contributed by atoms with E-state index in [4.69, 9.17) is 4.74 Å². The predicted molar refractivity (Wildman–Crippen MR) is 130 cm³/mol. The summed E-state index contributed by atoms with van der Waals surface area (Å²) in [6, 6.07) is 7.93. The van der Waals surface area contributed by atoms with E-state index in [1.165, 1.54) is 33.8 Å². The fourth-order valence-corrected chi connectivity index (χ4v) is 5.56. The van der Waals surface area contributed by atoms with Gasteiger partial charge in [-0.05, 0) is 37.0 Å². The topological polar surface area (TPSA) is 100 Å². The monoisotopic (exact) mass is 488 g/mol. The van der Waals surface area contributed by atoms with Gasteiger partial charge in [0.25, 0.3) is 0 Å². The smallest absolute Gasteiger partial charge is 0.344 e. The lowest BCUT2D eigenvalue weighted by molar-refractivity contribution is 0.0304. The number of nitrogens with zero attached hydrogens (tertiary/aromatic N) is 5. The summed E-state index contributed by atoms with van der Waals surface area (Å²) in [6.07, 6.45) is 5.53. The second-order valence-corrected chi connectivity index (χ2v) is 11.3. The summed E-state index contributed by atoms with van der Waals surface area (Å²) >= 11 is 0. The average Bonchev–Trinajstić information content (AvgIpc) is 3.39. The molecule has 2 bridgehead atoms. The first-order valence-corrected chi connectivity index (χ1v) is 13.7. The summed E-state index contributed by atoms with van der Waals surface area (Å²) in [6.45, 7) is 7.61. The number of aryl methyl sites for hydroxylation is 1. The minimum atomic E-state index is -3.44. The summed E-state index contributed by atoms with van der Waals surface area (Å²) in [5.41, 5.74) is 3.88. The third-order valence-corrected chi connectivity index (χ3v) is 7.32. The number of carbonyl (C=O) groups excluding carboxylic acids is 1. The Morgan fingerprint density at radius 1 is 1.12 bits per heavy atom. The fraction of sp³-hybridized carbons (Fsp3) is 0.565. The van der Waals surface area contributed by atoms with Crippen molar-refractivity contribution in [2.45, 2.75) is 38.5 Å². The molecule has 1 aromatic carbocycles. The molecule has 4 heterocycles. The van der Waals surface area contributed by atoms with Crippen molar-refractivity contribution < 1.29 is 17.9 Å². The number of benzene rings is 1. The Morgan fingerprint density at radius 3 is 2.50 bits per heavy atom. The first-order chi connectivity index (χ1) is 16.2. The first kappa shape index (κ1) is 23.1. The van der Waals surface area contributed by atoms with E-state index in [2.05, 4.69) is 44.7 Å². The molecule has 34 heavy (non-hydrogen) atoms. The molecule has 2 aromatic rings. The van der Waals surface area contributed by atoms with Crippen molar-refractivity contribution in [2.24, 2.45) is 0 Å². The van der Waals surface area contributed by atoms with Crippen molar-refractivity contribution in [1.29, 1.82) is 0 Å². The van der Waals surface area contributed by atoms with Gasteiger partial charge in [0.2, 0.25) is 10.0 Å². The average molecular weight is 489 g/mol. The molecule has 2 unspecified atom stereocenters. The number of sulfonamides is 1. The first-order valence-electron chi connectivity index (χ1n) is 11.8. The maximum absolute atomic E-state index is 12.8. The third kappa shape index (κ3) is 5.21.